The molecule has 1 fully saturated rings. The lowest BCUT2D eigenvalue weighted by Gasteiger charge is -2.26. The van der Waals surface area contributed by atoms with E-state index in [0.29, 0.717) is 30.1 Å². The molecule has 0 bridgehead atoms. The van der Waals surface area contributed by atoms with Crippen LogP contribution in [-0.4, -0.2) is 70.4 Å². The summed E-state index contributed by atoms with van der Waals surface area (Å²) in [4.78, 5) is 27.8. The van der Waals surface area contributed by atoms with Crippen molar-refractivity contribution in [2.75, 3.05) is 48.7 Å². The third-order valence-electron chi connectivity index (χ3n) is 5.74. The van der Waals surface area contributed by atoms with Crippen LogP contribution in [0.25, 0.3) is 5.76 Å². The summed E-state index contributed by atoms with van der Waals surface area (Å²) in [6, 6.07) is 7.10. The minimum atomic E-state index is -0.891. The quantitative estimate of drug-likeness (QED) is 0.225. The molecule has 0 aliphatic carbocycles. The maximum absolute atomic E-state index is 13.3. The van der Waals surface area contributed by atoms with E-state index in [1.807, 2.05) is 0 Å². The van der Waals surface area contributed by atoms with Crippen molar-refractivity contribution in [3.8, 4) is 23.0 Å². The standard InChI is InChI=1S/C25H28ClNO8/c1-31-10-6-9-27-22(14-7-8-17(32-2)20(11-14)35-5)21(24(29)25(27)30)23(28)15-12-19(34-4)16(26)13-18(15)33-3/h7-8,11-13,22,28H,6,9-10H2,1-5H3/b23-21+. The maximum atomic E-state index is 13.3. The average molecular weight is 506 g/mol. The van der Waals surface area contributed by atoms with E-state index in [-0.39, 0.29) is 34.2 Å². The predicted molar refractivity (Wildman–Crippen MR) is 130 cm³/mol. The molecular weight excluding hydrogens is 478 g/mol. The monoisotopic (exact) mass is 505 g/mol. The summed E-state index contributed by atoms with van der Waals surface area (Å²) in [6.07, 6.45) is 0.492. The summed E-state index contributed by atoms with van der Waals surface area (Å²) in [7, 11) is 7.39. The lowest BCUT2D eigenvalue weighted by molar-refractivity contribution is -0.140. The van der Waals surface area contributed by atoms with Gasteiger partial charge in [-0.3, -0.25) is 9.59 Å². The number of amides is 1. The number of likely N-dealkylation sites (tertiary alicyclic amines) is 1. The van der Waals surface area contributed by atoms with Crippen molar-refractivity contribution in [3.05, 3.63) is 52.1 Å². The van der Waals surface area contributed by atoms with E-state index in [0.717, 1.165) is 0 Å². The second-order valence-electron chi connectivity index (χ2n) is 7.64. The summed E-state index contributed by atoms with van der Waals surface area (Å²) in [5.74, 6) is -0.590. The smallest absolute Gasteiger partial charge is 0.295 e. The number of aliphatic hydroxyl groups is 1. The number of nitrogens with zero attached hydrogens (tertiary/aromatic N) is 1. The number of carbonyl (C=O) groups excluding carboxylic acids is 2. The van der Waals surface area contributed by atoms with Crippen LogP contribution in [0.15, 0.2) is 35.9 Å². The first kappa shape index (κ1) is 26.2. The predicted octanol–water partition coefficient (Wildman–Crippen LogP) is 3.83. The fourth-order valence-electron chi connectivity index (χ4n) is 4.05. The largest absolute Gasteiger partial charge is 0.507 e. The zero-order chi connectivity index (χ0) is 25.7. The molecule has 0 saturated carbocycles. The Hall–Kier alpha value is -3.43. The van der Waals surface area contributed by atoms with Crippen LogP contribution in [0.5, 0.6) is 23.0 Å². The van der Waals surface area contributed by atoms with Crippen LogP contribution >= 0.6 is 11.6 Å². The van der Waals surface area contributed by atoms with E-state index < -0.39 is 23.5 Å². The zero-order valence-corrected chi connectivity index (χ0v) is 21.0. The molecule has 2 aromatic rings. The molecule has 1 N–H and O–H groups in total. The van der Waals surface area contributed by atoms with Gasteiger partial charge in [-0.25, -0.2) is 0 Å². The molecule has 1 amide bonds. The molecule has 1 unspecified atom stereocenters. The highest BCUT2D eigenvalue weighted by Crippen LogP contribution is 2.44. The zero-order valence-electron chi connectivity index (χ0n) is 20.2. The summed E-state index contributed by atoms with van der Waals surface area (Å²) in [5, 5.41) is 11.7. The fraction of sp³-hybridized carbons (Fsp3) is 0.360. The van der Waals surface area contributed by atoms with Crippen LogP contribution in [-0.2, 0) is 14.3 Å². The second-order valence-corrected chi connectivity index (χ2v) is 8.05. The number of benzene rings is 2. The second kappa shape index (κ2) is 11.3. The number of aliphatic hydroxyl groups excluding tert-OH is 1. The topological polar surface area (TPSA) is 104 Å². The van der Waals surface area contributed by atoms with Gasteiger partial charge in [0.2, 0.25) is 0 Å². The third-order valence-corrected chi connectivity index (χ3v) is 6.04. The normalized spacial score (nSPS) is 17.0. The first-order valence-corrected chi connectivity index (χ1v) is 11.1. The Balaban J connectivity index is 2.25. The van der Waals surface area contributed by atoms with Crippen LogP contribution < -0.4 is 18.9 Å². The molecule has 188 valence electrons. The Labute approximate surface area is 208 Å². The Morgan fingerprint density at radius 2 is 1.57 bits per heavy atom. The molecule has 1 aliphatic rings. The SMILES string of the molecule is COCCCN1C(=O)C(=O)/C(=C(/O)c2cc(OC)c(Cl)cc2OC)C1c1ccc(OC)c(OC)c1. The lowest BCUT2D eigenvalue weighted by atomic mass is 9.94. The van der Waals surface area contributed by atoms with Crippen LogP contribution in [0.3, 0.4) is 0 Å². The van der Waals surface area contributed by atoms with Crippen molar-refractivity contribution in [3.63, 3.8) is 0 Å². The van der Waals surface area contributed by atoms with Crippen molar-refractivity contribution >= 4 is 29.1 Å². The number of hydrogen-bond acceptors (Lipinski definition) is 8. The van der Waals surface area contributed by atoms with Crippen molar-refractivity contribution in [1.29, 1.82) is 0 Å². The van der Waals surface area contributed by atoms with Crippen molar-refractivity contribution in [2.45, 2.75) is 12.5 Å². The number of ether oxygens (including phenoxy) is 5. The summed E-state index contributed by atoms with van der Waals surface area (Å²) >= 11 is 6.21. The Morgan fingerprint density at radius 3 is 2.17 bits per heavy atom. The number of Topliss-reactive ketones (excluding diaryl/α,β-unsaturated/α-hetero) is 1. The average Bonchev–Trinajstić information content (AvgIpc) is 3.12. The first-order chi connectivity index (χ1) is 16.8. The number of hydrogen-bond donors (Lipinski definition) is 1. The lowest BCUT2D eigenvalue weighted by Crippen LogP contribution is -2.31. The molecule has 1 saturated heterocycles. The molecule has 10 heteroatoms. The minimum absolute atomic E-state index is 0.0951. The van der Waals surface area contributed by atoms with Gasteiger partial charge in [0.1, 0.15) is 17.3 Å². The van der Waals surface area contributed by atoms with Crippen LogP contribution in [0.4, 0.5) is 0 Å². The number of carbonyl (C=O) groups is 2. The van der Waals surface area contributed by atoms with Gasteiger partial charge in [-0.15, -0.1) is 0 Å². The van der Waals surface area contributed by atoms with Gasteiger partial charge in [-0.1, -0.05) is 17.7 Å². The third kappa shape index (κ3) is 5.01. The highest BCUT2D eigenvalue weighted by molar-refractivity contribution is 6.46. The van der Waals surface area contributed by atoms with E-state index >= 15 is 0 Å². The molecule has 0 spiro atoms. The fourth-order valence-corrected chi connectivity index (χ4v) is 4.28. The van der Waals surface area contributed by atoms with Crippen molar-refractivity contribution < 1.29 is 38.4 Å². The summed E-state index contributed by atoms with van der Waals surface area (Å²) in [6.45, 7) is 0.624. The highest BCUT2D eigenvalue weighted by atomic mass is 35.5. The molecule has 1 atom stereocenters. The van der Waals surface area contributed by atoms with Gasteiger partial charge in [0.05, 0.1) is 50.6 Å². The number of rotatable bonds is 10. The van der Waals surface area contributed by atoms with Crippen molar-refractivity contribution in [2.24, 2.45) is 0 Å². The van der Waals surface area contributed by atoms with Crippen LogP contribution in [0, 0.1) is 0 Å². The molecule has 2 aromatic carbocycles. The van der Waals surface area contributed by atoms with E-state index in [1.54, 1.807) is 25.3 Å². The Kier molecular flexibility index (Phi) is 8.48. The number of halogens is 1. The van der Waals surface area contributed by atoms with Crippen LogP contribution in [0.2, 0.25) is 5.02 Å². The molecule has 0 aromatic heterocycles. The van der Waals surface area contributed by atoms with Gasteiger partial charge in [-0.2, -0.15) is 0 Å². The van der Waals surface area contributed by atoms with Gasteiger partial charge in [0, 0.05) is 26.3 Å². The van der Waals surface area contributed by atoms with E-state index in [4.69, 9.17) is 35.3 Å². The molecule has 3 rings (SSSR count). The van der Waals surface area contributed by atoms with Gasteiger partial charge < -0.3 is 33.7 Å². The van der Waals surface area contributed by atoms with E-state index in [9.17, 15) is 14.7 Å². The molecule has 1 heterocycles. The summed E-state index contributed by atoms with van der Waals surface area (Å²) in [5.41, 5.74) is 0.622. The van der Waals surface area contributed by atoms with E-state index in [2.05, 4.69) is 0 Å². The molecule has 0 radical (unpaired) electrons. The molecular formula is C25H28ClNO8. The molecule has 1 aliphatic heterocycles. The van der Waals surface area contributed by atoms with Crippen molar-refractivity contribution in [1.82, 2.24) is 4.90 Å². The minimum Gasteiger partial charge on any atom is -0.507 e. The molecule has 9 nitrogen and oxygen atoms in total. The van der Waals surface area contributed by atoms with Gasteiger partial charge >= 0.3 is 0 Å². The van der Waals surface area contributed by atoms with Gasteiger partial charge in [-0.05, 0) is 30.2 Å². The maximum Gasteiger partial charge on any atom is 0.295 e. The van der Waals surface area contributed by atoms with E-state index in [1.165, 1.54) is 45.5 Å². The molecule has 35 heavy (non-hydrogen) atoms. The number of ketones is 1. The highest BCUT2D eigenvalue weighted by Gasteiger charge is 2.46. The first-order valence-electron chi connectivity index (χ1n) is 10.7. The Morgan fingerprint density at radius 1 is 0.914 bits per heavy atom. The Bertz CT molecular complexity index is 1150. The van der Waals surface area contributed by atoms with Gasteiger partial charge in [0.25, 0.3) is 11.7 Å². The van der Waals surface area contributed by atoms with Gasteiger partial charge in [0.15, 0.2) is 11.5 Å². The van der Waals surface area contributed by atoms with Crippen LogP contribution in [0.1, 0.15) is 23.6 Å². The number of methoxy groups -OCH3 is 5. The summed E-state index contributed by atoms with van der Waals surface area (Å²) < 4.78 is 26.5.